The Bertz CT molecular complexity index is 576. The van der Waals surface area contributed by atoms with E-state index >= 15 is 0 Å². The number of esters is 1. The van der Waals surface area contributed by atoms with E-state index in [-0.39, 0.29) is 29.2 Å². The van der Waals surface area contributed by atoms with Crippen LogP contribution < -0.4 is 4.90 Å². The van der Waals surface area contributed by atoms with Crippen LogP contribution in [0, 0.1) is 5.92 Å². The van der Waals surface area contributed by atoms with Crippen LogP contribution in [0.1, 0.15) is 56.3 Å². The van der Waals surface area contributed by atoms with Gasteiger partial charge in [0.15, 0.2) is 0 Å². The van der Waals surface area contributed by atoms with Gasteiger partial charge in [-0.15, -0.1) is 0 Å². The van der Waals surface area contributed by atoms with E-state index in [1.807, 2.05) is 13.8 Å². The van der Waals surface area contributed by atoms with E-state index in [2.05, 4.69) is 0 Å². The van der Waals surface area contributed by atoms with Crippen LogP contribution in [0.4, 0.5) is 5.69 Å². The molecule has 1 aromatic carbocycles. The second-order valence-electron chi connectivity index (χ2n) is 6.33. The van der Waals surface area contributed by atoms with Gasteiger partial charge >= 0.3 is 5.97 Å². The van der Waals surface area contributed by atoms with Gasteiger partial charge < -0.3 is 14.7 Å². The van der Waals surface area contributed by atoms with Crippen molar-refractivity contribution in [2.75, 3.05) is 12.0 Å². The van der Waals surface area contributed by atoms with Gasteiger partial charge in [-0.05, 0) is 44.9 Å². The van der Waals surface area contributed by atoms with Crippen LogP contribution in [0.15, 0.2) is 18.2 Å². The smallest absolute Gasteiger partial charge is 0.340 e. The molecule has 0 bridgehead atoms. The standard InChI is InChI=1S/C18H25NO4/c1-12(2)19(17(21)13-7-5-4-6-8-13)16-10-9-14(20)11-15(16)18(22)23-3/h9-13,20H,4-8H2,1-3H3. The fraction of sp³-hybridized carbons (Fsp3) is 0.556. The third-order valence-corrected chi connectivity index (χ3v) is 4.35. The number of hydrogen-bond acceptors (Lipinski definition) is 4. The van der Waals surface area contributed by atoms with Crippen molar-refractivity contribution >= 4 is 17.6 Å². The van der Waals surface area contributed by atoms with E-state index in [0.29, 0.717) is 5.69 Å². The van der Waals surface area contributed by atoms with Gasteiger partial charge in [-0.1, -0.05) is 19.3 Å². The highest BCUT2D eigenvalue weighted by Gasteiger charge is 2.31. The molecule has 1 aliphatic carbocycles. The van der Waals surface area contributed by atoms with Crippen LogP contribution in [0.25, 0.3) is 0 Å². The number of nitrogens with zero attached hydrogens (tertiary/aromatic N) is 1. The minimum Gasteiger partial charge on any atom is -0.508 e. The van der Waals surface area contributed by atoms with Crippen molar-refractivity contribution < 1.29 is 19.4 Å². The molecular weight excluding hydrogens is 294 g/mol. The van der Waals surface area contributed by atoms with Gasteiger partial charge in [-0.25, -0.2) is 4.79 Å². The number of benzene rings is 1. The van der Waals surface area contributed by atoms with Crippen molar-refractivity contribution in [3.63, 3.8) is 0 Å². The monoisotopic (exact) mass is 319 g/mol. The number of amides is 1. The molecule has 2 rings (SSSR count). The number of ether oxygens (including phenoxy) is 1. The van der Waals surface area contributed by atoms with Gasteiger partial charge in [0.2, 0.25) is 5.91 Å². The SMILES string of the molecule is COC(=O)c1cc(O)ccc1N(C(=O)C1CCCCC1)C(C)C. The van der Waals surface area contributed by atoms with E-state index in [1.54, 1.807) is 11.0 Å². The van der Waals surface area contributed by atoms with Crippen molar-refractivity contribution in [2.24, 2.45) is 5.92 Å². The Morgan fingerprint density at radius 3 is 2.43 bits per heavy atom. The van der Waals surface area contributed by atoms with Crippen molar-refractivity contribution in [3.8, 4) is 5.75 Å². The number of hydrogen-bond donors (Lipinski definition) is 1. The summed E-state index contributed by atoms with van der Waals surface area (Å²) in [6.45, 7) is 3.85. The topological polar surface area (TPSA) is 66.8 Å². The summed E-state index contributed by atoms with van der Waals surface area (Å²) in [5, 5.41) is 9.68. The van der Waals surface area contributed by atoms with Gasteiger partial charge in [0.05, 0.1) is 18.4 Å². The number of rotatable bonds is 4. The maximum Gasteiger partial charge on any atom is 0.340 e. The highest BCUT2D eigenvalue weighted by molar-refractivity contribution is 6.03. The van der Waals surface area contributed by atoms with Crippen LogP contribution in [0.3, 0.4) is 0 Å². The van der Waals surface area contributed by atoms with E-state index < -0.39 is 5.97 Å². The highest BCUT2D eigenvalue weighted by Crippen LogP contribution is 2.32. The maximum atomic E-state index is 13.0. The fourth-order valence-electron chi connectivity index (χ4n) is 3.21. The van der Waals surface area contributed by atoms with Crippen molar-refractivity contribution in [2.45, 2.75) is 52.0 Å². The zero-order chi connectivity index (χ0) is 17.0. The molecule has 5 heteroatoms. The van der Waals surface area contributed by atoms with Gasteiger partial charge in [-0.3, -0.25) is 4.79 Å². The molecule has 126 valence electrons. The third-order valence-electron chi connectivity index (χ3n) is 4.35. The lowest BCUT2D eigenvalue weighted by atomic mass is 9.87. The largest absolute Gasteiger partial charge is 0.508 e. The molecule has 0 heterocycles. The summed E-state index contributed by atoms with van der Waals surface area (Å²) < 4.78 is 4.80. The predicted octanol–water partition coefficient (Wildman–Crippen LogP) is 3.50. The lowest BCUT2D eigenvalue weighted by Crippen LogP contribution is -2.42. The van der Waals surface area contributed by atoms with Crippen molar-refractivity contribution in [3.05, 3.63) is 23.8 Å². The average Bonchev–Trinajstić information content (AvgIpc) is 2.56. The molecule has 1 N–H and O–H groups in total. The Labute approximate surface area is 137 Å². The maximum absolute atomic E-state index is 13.0. The number of aromatic hydroxyl groups is 1. The van der Waals surface area contributed by atoms with Crippen molar-refractivity contribution in [1.82, 2.24) is 0 Å². The lowest BCUT2D eigenvalue weighted by molar-refractivity contribution is -0.123. The molecule has 1 fully saturated rings. The molecule has 0 radical (unpaired) electrons. The Hall–Kier alpha value is -2.04. The van der Waals surface area contributed by atoms with E-state index in [4.69, 9.17) is 4.74 Å². The summed E-state index contributed by atoms with van der Waals surface area (Å²) in [5.41, 5.74) is 0.714. The summed E-state index contributed by atoms with van der Waals surface area (Å²) in [6.07, 6.45) is 5.11. The number of phenolic OH excluding ortho intramolecular Hbond substituents is 1. The molecule has 0 saturated heterocycles. The summed E-state index contributed by atoms with van der Waals surface area (Å²) in [4.78, 5) is 26.7. The Kier molecular flexibility index (Phi) is 5.64. The fourth-order valence-corrected chi connectivity index (χ4v) is 3.21. The molecule has 0 aliphatic heterocycles. The minimum absolute atomic E-state index is 0.00505. The Morgan fingerprint density at radius 1 is 1.22 bits per heavy atom. The normalized spacial score (nSPS) is 15.5. The predicted molar refractivity (Wildman–Crippen MR) is 88.6 cm³/mol. The first-order valence-corrected chi connectivity index (χ1v) is 8.20. The third kappa shape index (κ3) is 3.84. The Morgan fingerprint density at radius 2 is 1.87 bits per heavy atom. The van der Waals surface area contributed by atoms with Crippen LogP contribution >= 0.6 is 0 Å². The van der Waals surface area contributed by atoms with Crippen LogP contribution in [-0.4, -0.2) is 30.1 Å². The van der Waals surface area contributed by atoms with Crippen LogP contribution in [0.5, 0.6) is 5.75 Å². The lowest BCUT2D eigenvalue weighted by Gasteiger charge is -2.33. The summed E-state index contributed by atoms with van der Waals surface area (Å²) >= 11 is 0. The van der Waals surface area contributed by atoms with Gasteiger partial charge in [0, 0.05) is 12.0 Å². The van der Waals surface area contributed by atoms with Gasteiger partial charge in [-0.2, -0.15) is 0 Å². The molecule has 1 amide bonds. The van der Waals surface area contributed by atoms with E-state index in [1.165, 1.54) is 25.7 Å². The molecule has 0 spiro atoms. The molecule has 23 heavy (non-hydrogen) atoms. The number of carbonyl (C=O) groups is 2. The molecule has 1 aliphatic rings. The number of anilines is 1. The first-order valence-electron chi connectivity index (χ1n) is 8.20. The van der Waals surface area contributed by atoms with Gasteiger partial charge in [0.25, 0.3) is 0 Å². The van der Waals surface area contributed by atoms with Crippen molar-refractivity contribution in [1.29, 1.82) is 0 Å². The summed E-state index contributed by atoms with van der Waals surface area (Å²) in [5.74, 6) is -0.526. The number of phenols is 1. The Balaban J connectivity index is 2.41. The molecule has 0 unspecified atom stereocenters. The molecule has 0 atom stereocenters. The first-order chi connectivity index (χ1) is 11.0. The zero-order valence-electron chi connectivity index (χ0n) is 14.0. The molecule has 5 nitrogen and oxygen atoms in total. The number of carbonyl (C=O) groups excluding carboxylic acids is 2. The molecule has 1 aromatic rings. The van der Waals surface area contributed by atoms with Gasteiger partial charge in [0.1, 0.15) is 5.75 Å². The minimum atomic E-state index is -0.557. The molecule has 1 saturated carbocycles. The van der Waals surface area contributed by atoms with E-state index in [9.17, 15) is 14.7 Å². The van der Waals surface area contributed by atoms with E-state index in [0.717, 1.165) is 25.7 Å². The second-order valence-corrected chi connectivity index (χ2v) is 6.33. The van der Waals surface area contributed by atoms with Crippen LogP contribution in [0.2, 0.25) is 0 Å². The van der Waals surface area contributed by atoms with Crippen LogP contribution in [-0.2, 0) is 9.53 Å². The second kappa shape index (κ2) is 7.49. The average molecular weight is 319 g/mol. The summed E-state index contributed by atoms with van der Waals surface area (Å²) in [7, 11) is 1.29. The highest BCUT2D eigenvalue weighted by atomic mass is 16.5. The summed E-state index contributed by atoms with van der Waals surface area (Å²) in [6, 6.07) is 4.37. The molecule has 0 aromatic heterocycles. The first kappa shape index (κ1) is 17.3. The molecular formula is C18H25NO4. The number of methoxy groups -OCH3 is 1. The zero-order valence-corrected chi connectivity index (χ0v) is 14.0. The quantitative estimate of drug-likeness (QED) is 0.863.